The summed E-state index contributed by atoms with van der Waals surface area (Å²) in [6.07, 6.45) is 12.1. The number of amides is 1. The average Bonchev–Trinajstić information content (AvgIpc) is 3.00. The monoisotopic (exact) mass is 517 g/mol. The number of ether oxygens (including phenoxy) is 1. The first kappa shape index (κ1) is 26.7. The lowest BCUT2D eigenvalue weighted by Gasteiger charge is -2.36. The fraction of sp³-hybridized carbons (Fsp3) is 0.581. The second-order valence-electron chi connectivity index (χ2n) is 11.0. The van der Waals surface area contributed by atoms with E-state index in [9.17, 15) is 4.79 Å². The molecule has 1 aromatic carbocycles. The first-order valence-corrected chi connectivity index (χ1v) is 14.6. The standard InChI is InChI=1S/C31H43N5O2/c1-3-24-21-32-31(33-22-24)36-15-13-25(14-16-36)23-38-29-11-9-27(10-12-29)26-5-7-28(8-6-26)30(37)35-19-17-34(4-2)18-20-35/h5,9-12,21-22,25,28H,3-4,6-8,13-20,23H2,1-2H3. The number of aromatic nitrogens is 2. The Bertz CT molecular complexity index is 1070. The topological polar surface area (TPSA) is 61.8 Å². The van der Waals surface area contributed by atoms with E-state index in [1.54, 1.807) is 0 Å². The third kappa shape index (κ3) is 6.55. The van der Waals surface area contributed by atoms with E-state index < -0.39 is 0 Å². The van der Waals surface area contributed by atoms with Crippen molar-refractivity contribution in [3.63, 3.8) is 0 Å². The van der Waals surface area contributed by atoms with Gasteiger partial charge < -0.3 is 19.4 Å². The summed E-state index contributed by atoms with van der Waals surface area (Å²) in [7, 11) is 0. The highest BCUT2D eigenvalue weighted by Gasteiger charge is 2.28. The lowest BCUT2D eigenvalue weighted by atomic mass is 9.85. The summed E-state index contributed by atoms with van der Waals surface area (Å²) in [5, 5.41) is 0. The van der Waals surface area contributed by atoms with Gasteiger partial charge in [0.15, 0.2) is 0 Å². The van der Waals surface area contributed by atoms with Crippen LogP contribution in [0.15, 0.2) is 42.7 Å². The summed E-state index contributed by atoms with van der Waals surface area (Å²) in [6, 6.07) is 8.54. The maximum Gasteiger partial charge on any atom is 0.226 e. The Morgan fingerprint density at radius 1 is 0.947 bits per heavy atom. The highest BCUT2D eigenvalue weighted by atomic mass is 16.5. The van der Waals surface area contributed by atoms with E-state index in [-0.39, 0.29) is 5.92 Å². The summed E-state index contributed by atoms with van der Waals surface area (Å²) in [4.78, 5) is 28.9. The van der Waals surface area contributed by atoms with E-state index >= 15 is 0 Å². The van der Waals surface area contributed by atoms with Crippen LogP contribution >= 0.6 is 0 Å². The number of hydrogen-bond donors (Lipinski definition) is 0. The highest BCUT2D eigenvalue weighted by Crippen LogP contribution is 2.32. The fourth-order valence-electron chi connectivity index (χ4n) is 5.84. The molecule has 2 aliphatic heterocycles. The lowest BCUT2D eigenvalue weighted by molar-refractivity contribution is -0.137. The molecule has 1 amide bonds. The van der Waals surface area contributed by atoms with Crippen molar-refractivity contribution in [3.8, 4) is 5.75 Å². The molecular weight excluding hydrogens is 474 g/mol. The van der Waals surface area contributed by atoms with Gasteiger partial charge in [-0.05, 0) is 79.8 Å². The first-order valence-electron chi connectivity index (χ1n) is 14.6. The van der Waals surface area contributed by atoms with Crippen molar-refractivity contribution >= 4 is 17.4 Å². The molecule has 204 valence electrons. The Morgan fingerprint density at radius 3 is 2.26 bits per heavy atom. The molecule has 7 nitrogen and oxygen atoms in total. The molecule has 0 saturated carbocycles. The summed E-state index contributed by atoms with van der Waals surface area (Å²) in [5.74, 6) is 2.84. The summed E-state index contributed by atoms with van der Waals surface area (Å²) in [5.41, 5.74) is 3.79. The number of likely N-dealkylation sites (N-methyl/N-ethyl adjacent to an activating group) is 1. The zero-order valence-corrected chi connectivity index (χ0v) is 23.1. The number of anilines is 1. The molecule has 7 heteroatoms. The second kappa shape index (κ2) is 12.7. The Morgan fingerprint density at radius 2 is 1.66 bits per heavy atom. The Hall–Kier alpha value is -2.93. The summed E-state index contributed by atoms with van der Waals surface area (Å²) in [6.45, 7) is 11.9. The molecule has 3 heterocycles. The number of carbonyl (C=O) groups is 1. The summed E-state index contributed by atoms with van der Waals surface area (Å²) >= 11 is 0. The van der Waals surface area contributed by atoms with Crippen LogP contribution in [0.1, 0.15) is 57.1 Å². The number of hydrogen-bond acceptors (Lipinski definition) is 6. The minimum Gasteiger partial charge on any atom is -0.493 e. The van der Waals surface area contributed by atoms with Crippen LogP contribution in [0.4, 0.5) is 5.95 Å². The van der Waals surface area contributed by atoms with Crippen LogP contribution in [0.5, 0.6) is 5.75 Å². The van der Waals surface area contributed by atoms with Crippen LogP contribution < -0.4 is 9.64 Å². The molecule has 0 radical (unpaired) electrons. The van der Waals surface area contributed by atoms with Gasteiger partial charge in [-0.2, -0.15) is 0 Å². The van der Waals surface area contributed by atoms with Crippen molar-refractivity contribution in [1.82, 2.24) is 19.8 Å². The molecule has 1 unspecified atom stereocenters. The van der Waals surface area contributed by atoms with Gasteiger partial charge >= 0.3 is 0 Å². The highest BCUT2D eigenvalue weighted by molar-refractivity contribution is 5.81. The second-order valence-corrected chi connectivity index (χ2v) is 11.0. The molecule has 2 saturated heterocycles. The molecule has 38 heavy (non-hydrogen) atoms. The van der Waals surface area contributed by atoms with Gasteiger partial charge in [-0.3, -0.25) is 4.79 Å². The quantitative estimate of drug-likeness (QED) is 0.507. The SMILES string of the molecule is CCc1cnc(N2CCC(COc3ccc(C4=CCC(C(=O)N5CCN(CC)CC5)CC4)cc3)CC2)nc1. The van der Waals surface area contributed by atoms with Crippen LogP contribution in [0.2, 0.25) is 0 Å². The third-order valence-electron chi connectivity index (χ3n) is 8.60. The van der Waals surface area contributed by atoms with Crippen molar-refractivity contribution in [2.75, 3.05) is 57.3 Å². The molecule has 5 rings (SSSR count). The predicted octanol–water partition coefficient (Wildman–Crippen LogP) is 4.68. The van der Waals surface area contributed by atoms with Gasteiger partial charge in [0, 0.05) is 57.6 Å². The normalized spacial score (nSPS) is 21.3. The average molecular weight is 518 g/mol. The van der Waals surface area contributed by atoms with Gasteiger partial charge in [-0.15, -0.1) is 0 Å². The molecule has 1 aromatic heterocycles. The zero-order chi connectivity index (χ0) is 26.3. The predicted molar refractivity (Wildman–Crippen MR) is 152 cm³/mol. The number of nitrogens with zero attached hydrogens (tertiary/aromatic N) is 5. The van der Waals surface area contributed by atoms with Gasteiger partial charge in [0.25, 0.3) is 0 Å². The third-order valence-corrected chi connectivity index (χ3v) is 8.60. The van der Waals surface area contributed by atoms with Gasteiger partial charge in [0.1, 0.15) is 5.75 Å². The maximum absolute atomic E-state index is 13.0. The Labute approximate surface area is 227 Å². The van der Waals surface area contributed by atoms with Crippen LogP contribution in [0, 0.1) is 11.8 Å². The number of rotatable bonds is 8. The van der Waals surface area contributed by atoms with Crippen molar-refractivity contribution < 1.29 is 9.53 Å². The van der Waals surface area contributed by atoms with E-state index in [0.29, 0.717) is 11.8 Å². The lowest BCUT2D eigenvalue weighted by Crippen LogP contribution is -2.50. The maximum atomic E-state index is 13.0. The van der Waals surface area contributed by atoms with E-state index in [1.807, 2.05) is 12.4 Å². The smallest absolute Gasteiger partial charge is 0.226 e. The molecule has 2 aromatic rings. The number of aryl methyl sites for hydroxylation is 1. The van der Waals surface area contributed by atoms with Crippen LogP contribution in [-0.2, 0) is 11.2 Å². The number of piperidine rings is 1. The molecule has 2 fully saturated rings. The molecule has 1 aliphatic carbocycles. The minimum absolute atomic E-state index is 0.142. The zero-order valence-electron chi connectivity index (χ0n) is 23.1. The number of allylic oxidation sites excluding steroid dienone is 2. The van der Waals surface area contributed by atoms with Gasteiger partial charge in [-0.25, -0.2) is 9.97 Å². The summed E-state index contributed by atoms with van der Waals surface area (Å²) < 4.78 is 6.17. The van der Waals surface area contributed by atoms with E-state index in [1.165, 1.54) is 16.7 Å². The molecule has 0 spiro atoms. The number of piperazine rings is 1. The van der Waals surface area contributed by atoms with Gasteiger partial charge in [-0.1, -0.05) is 32.1 Å². The molecule has 0 N–H and O–H groups in total. The molecule has 0 bridgehead atoms. The first-order chi connectivity index (χ1) is 18.6. The van der Waals surface area contributed by atoms with Crippen molar-refractivity contribution in [2.45, 2.75) is 52.4 Å². The Kier molecular flexibility index (Phi) is 8.94. The number of benzene rings is 1. The molecule has 1 atom stereocenters. The molecule has 3 aliphatic rings. The van der Waals surface area contributed by atoms with E-state index in [0.717, 1.165) is 103 Å². The fourth-order valence-corrected chi connectivity index (χ4v) is 5.84. The van der Waals surface area contributed by atoms with Crippen LogP contribution in [0.3, 0.4) is 0 Å². The van der Waals surface area contributed by atoms with E-state index in [4.69, 9.17) is 4.74 Å². The minimum atomic E-state index is 0.142. The largest absolute Gasteiger partial charge is 0.493 e. The van der Waals surface area contributed by atoms with Crippen LogP contribution in [0.25, 0.3) is 5.57 Å². The van der Waals surface area contributed by atoms with Gasteiger partial charge in [0.05, 0.1) is 6.61 Å². The Balaban J connectivity index is 1.05. The van der Waals surface area contributed by atoms with Crippen molar-refractivity contribution in [1.29, 1.82) is 0 Å². The van der Waals surface area contributed by atoms with E-state index in [2.05, 4.69) is 68.9 Å². The molecular formula is C31H43N5O2. The van der Waals surface area contributed by atoms with Crippen molar-refractivity contribution in [2.24, 2.45) is 11.8 Å². The van der Waals surface area contributed by atoms with Crippen LogP contribution in [-0.4, -0.2) is 78.1 Å². The number of carbonyl (C=O) groups excluding carboxylic acids is 1. The van der Waals surface area contributed by atoms with Crippen molar-refractivity contribution in [3.05, 3.63) is 53.9 Å². The van der Waals surface area contributed by atoms with Gasteiger partial charge in [0.2, 0.25) is 11.9 Å².